The van der Waals surface area contributed by atoms with E-state index in [2.05, 4.69) is 21.3 Å². The van der Waals surface area contributed by atoms with E-state index in [9.17, 15) is 0 Å². The third-order valence-electron chi connectivity index (χ3n) is 4.23. The summed E-state index contributed by atoms with van der Waals surface area (Å²) in [6, 6.07) is 8.29. The fourth-order valence-corrected chi connectivity index (χ4v) is 3.17. The summed E-state index contributed by atoms with van der Waals surface area (Å²) < 4.78 is 5.31. The van der Waals surface area contributed by atoms with E-state index < -0.39 is 0 Å². The van der Waals surface area contributed by atoms with Crippen molar-refractivity contribution in [3.05, 3.63) is 34.9 Å². The Balaban J connectivity index is 0.00000312. The molecule has 1 aliphatic heterocycles. The minimum absolute atomic E-state index is 0. The van der Waals surface area contributed by atoms with E-state index >= 15 is 0 Å². The lowest BCUT2D eigenvalue weighted by Crippen LogP contribution is -2.35. The van der Waals surface area contributed by atoms with Gasteiger partial charge < -0.3 is 15.8 Å². The van der Waals surface area contributed by atoms with Gasteiger partial charge in [-0.3, -0.25) is 9.89 Å². The maximum absolute atomic E-state index is 6.17. The fourth-order valence-electron chi connectivity index (χ4n) is 2.97. The summed E-state index contributed by atoms with van der Waals surface area (Å²) in [6.45, 7) is 7.13. The number of guanidine groups is 1. The third-order valence-corrected chi connectivity index (χ3v) is 4.46. The Hall–Kier alpha value is -0.570. The maximum Gasteiger partial charge on any atom is 0.188 e. The zero-order valence-corrected chi connectivity index (χ0v) is 18.0. The highest BCUT2D eigenvalue weighted by Crippen LogP contribution is 2.27. The van der Waals surface area contributed by atoms with Crippen molar-refractivity contribution in [1.82, 2.24) is 10.2 Å². The standard InChI is InChI=1S/C18H29ClN4O.HI/c1-2-24-12-6-9-21-18(20)22-14-17(23-10-3-4-11-23)15-7-5-8-16(19)13-15;/h5,7-8,13,17H,2-4,6,9-12,14H2,1H3,(H3,20,21,22);1H. The number of ether oxygens (including phenoxy) is 1. The molecule has 5 nitrogen and oxygen atoms in total. The van der Waals surface area contributed by atoms with Gasteiger partial charge in [0.05, 0.1) is 12.6 Å². The highest BCUT2D eigenvalue weighted by Gasteiger charge is 2.23. The van der Waals surface area contributed by atoms with Gasteiger partial charge in [0.2, 0.25) is 0 Å². The van der Waals surface area contributed by atoms with Gasteiger partial charge in [0.1, 0.15) is 0 Å². The summed E-state index contributed by atoms with van der Waals surface area (Å²) in [4.78, 5) is 7.02. The van der Waals surface area contributed by atoms with Crippen LogP contribution in [0.2, 0.25) is 5.02 Å². The lowest BCUT2D eigenvalue weighted by Gasteiger charge is -2.26. The molecule has 0 amide bonds. The van der Waals surface area contributed by atoms with Crippen LogP contribution in [-0.2, 0) is 4.74 Å². The van der Waals surface area contributed by atoms with Gasteiger partial charge in [-0.05, 0) is 57.0 Å². The SMILES string of the molecule is CCOCCCNC(N)=NCC(c1cccc(Cl)c1)N1CCCC1.I. The van der Waals surface area contributed by atoms with Crippen LogP contribution in [0.4, 0.5) is 0 Å². The number of nitrogens with two attached hydrogens (primary N) is 1. The molecule has 0 aromatic heterocycles. The zero-order chi connectivity index (χ0) is 17.2. The molecule has 0 bridgehead atoms. The van der Waals surface area contributed by atoms with Gasteiger partial charge in [-0.2, -0.15) is 0 Å². The first-order chi connectivity index (χ1) is 11.7. The van der Waals surface area contributed by atoms with Crippen LogP contribution in [0.5, 0.6) is 0 Å². The largest absolute Gasteiger partial charge is 0.382 e. The Morgan fingerprint density at radius 1 is 1.40 bits per heavy atom. The average molecular weight is 481 g/mol. The molecule has 1 saturated heterocycles. The van der Waals surface area contributed by atoms with Crippen LogP contribution in [0, 0.1) is 0 Å². The van der Waals surface area contributed by atoms with Crippen molar-refractivity contribution >= 4 is 41.5 Å². The average Bonchev–Trinajstić information content (AvgIpc) is 3.09. The van der Waals surface area contributed by atoms with Gasteiger partial charge in [-0.15, -0.1) is 24.0 Å². The zero-order valence-electron chi connectivity index (χ0n) is 14.9. The lowest BCUT2D eigenvalue weighted by molar-refractivity contribution is 0.145. The van der Waals surface area contributed by atoms with E-state index in [1.807, 2.05) is 25.1 Å². The topological polar surface area (TPSA) is 62.9 Å². The summed E-state index contributed by atoms with van der Waals surface area (Å²) in [5.41, 5.74) is 7.20. The molecule has 1 heterocycles. The molecule has 1 aromatic rings. The molecule has 1 atom stereocenters. The van der Waals surface area contributed by atoms with E-state index in [1.165, 1.54) is 18.4 Å². The molecule has 0 aliphatic carbocycles. The number of aliphatic imine (C=N–C) groups is 1. The Bertz CT molecular complexity index is 524. The molecule has 0 spiro atoms. The smallest absolute Gasteiger partial charge is 0.188 e. The van der Waals surface area contributed by atoms with Crippen LogP contribution in [0.15, 0.2) is 29.3 Å². The number of likely N-dealkylation sites (tertiary alicyclic amines) is 1. The monoisotopic (exact) mass is 480 g/mol. The van der Waals surface area contributed by atoms with Crippen LogP contribution in [0.25, 0.3) is 0 Å². The molecule has 0 saturated carbocycles. The van der Waals surface area contributed by atoms with Crippen molar-refractivity contribution in [3.63, 3.8) is 0 Å². The first kappa shape index (κ1) is 22.5. The van der Waals surface area contributed by atoms with Gasteiger partial charge in [0.25, 0.3) is 0 Å². The predicted octanol–water partition coefficient (Wildman–Crippen LogP) is 3.43. The molecule has 25 heavy (non-hydrogen) atoms. The van der Waals surface area contributed by atoms with Crippen LogP contribution >= 0.6 is 35.6 Å². The molecular weight excluding hydrogens is 451 g/mol. The molecule has 1 unspecified atom stereocenters. The van der Waals surface area contributed by atoms with E-state index in [0.717, 1.165) is 44.3 Å². The van der Waals surface area contributed by atoms with Crippen molar-refractivity contribution in [3.8, 4) is 0 Å². The summed E-state index contributed by atoms with van der Waals surface area (Å²) in [5.74, 6) is 0.498. The molecule has 3 N–H and O–H groups in total. The summed E-state index contributed by atoms with van der Waals surface area (Å²) >= 11 is 6.17. The Kier molecular flexibility index (Phi) is 11.4. The van der Waals surface area contributed by atoms with Crippen LogP contribution < -0.4 is 11.1 Å². The predicted molar refractivity (Wildman–Crippen MR) is 116 cm³/mol. The summed E-state index contributed by atoms with van der Waals surface area (Å²) in [7, 11) is 0. The van der Waals surface area contributed by atoms with Crippen molar-refractivity contribution in [2.75, 3.05) is 39.4 Å². The molecule has 7 heteroatoms. The highest BCUT2D eigenvalue weighted by atomic mass is 127. The van der Waals surface area contributed by atoms with Gasteiger partial charge in [0, 0.05) is 24.8 Å². The molecule has 2 rings (SSSR count). The minimum atomic E-state index is 0. The molecule has 1 aliphatic rings. The summed E-state index contributed by atoms with van der Waals surface area (Å²) in [6.07, 6.45) is 3.41. The second kappa shape index (κ2) is 12.7. The first-order valence-corrected chi connectivity index (χ1v) is 9.19. The second-order valence-corrected chi connectivity index (χ2v) is 6.45. The van der Waals surface area contributed by atoms with Crippen LogP contribution in [-0.4, -0.2) is 50.3 Å². The normalized spacial score (nSPS) is 16.5. The van der Waals surface area contributed by atoms with Gasteiger partial charge >= 0.3 is 0 Å². The number of rotatable bonds is 9. The molecule has 1 aromatic carbocycles. The second-order valence-electron chi connectivity index (χ2n) is 6.02. The van der Waals surface area contributed by atoms with Crippen LogP contribution in [0.3, 0.4) is 0 Å². The molecular formula is C18H30ClIN4O. The Morgan fingerprint density at radius 2 is 2.16 bits per heavy atom. The van der Waals surface area contributed by atoms with Gasteiger partial charge in [-0.1, -0.05) is 23.7 Å². The number of hydrogen-bond acceptors (Lipinski definition) is 3. The lowest BCUT2D eigenvalue weighted by atomic mass is 10.1. The number of nitrogens with one attached hydrogen (secondary N) is 1. The minimum Gasteiger partial charge on any atom is -0.382 e. The first-order valence-electron chi connectivity index (χ1n) is 8.81. The van der Waals surface area contributed by atoms with E-state index in [4.69, 9.17) is 22.1 Å². The third kappa shape index (κ3) is 8.11. The van der Waals surface area contributed by atoms with E-state index in [0.29, 0.717) is 12.5 Å². The van der Waals surface area contributed by atoms with E-state index in [-0.39, 0.29) is 30.0 Å². The Labute approximate surface area is 173 Å². The van der Waals surface area contributed by atoms with Crippen LogP contribution in [0.1, 0.15) is 37.8 Å². The van der Waals surface area contributed by atoms with Crippen molar-refractivity contribution in [2.24, 2.45) is 10.7 Å². The van der Waals surface area contributed by atoms with Crippen molar-refractivity contribution in [1.29, 1.82) is 0 Å². The molecule has 0 radical (unpaired) electrons. The quantitative estimate of drug-likeness (QED) is 0.246. The van der Waals surface area contributed by atoms with Gasteiger partial charge in [0.15, 0.2) is 5.96 Å². The Morgan fingerprint density at radius 3 is 2.84 bits per heavy atom. The summed E-state index contributed by atoms with van der Waals surface area (Å²) in [5, 5.41) is 3.92. The number of benzene rings is 1. The number of hydrogen-bond donors (Lipinski definition) is 2. The van der Waals surface area contributed by atoms with Crippen molar-refractivity contribution < 1.29 is 4.74 Å². The molecule has 1 fully saturated rings. The highest BCUT2D eigenvalue weighted by molar-refractivity contribution is 14.0. The number of nitrogens with zero attached hydrogens (tertiary/aromatic N) is 2. The maximum atomic E-state index is 6.17. The van der Waals surface area contributed by atoms with Crippen molar-refractivity contribution in [2.45, 2.75) is 32.2 Å². The fraction of sp³-hybridized carbons (Fsp3) is 0.611. The van der Waals surface area contributed by atoms with Gasteiger partial charge in [-0.25, -0.2) is 0 Å². The van der Waals surface area contributed by atoms with E-state index in [1.54, 1.807) is 0 Å². The number of halogens is 2. The molecule has 142 valence electrons.